The number of benzene rings is 3. The lowest BCUT2D eigenvalue weighted by molar-refractivity contribution is -0.138. The molecule has 3 fully saturated rings. The largest absolute Gasteiger partial charge is 0.337 e. The average molecular weight is 1690 g/mol. The predicted octanol–water partition coefficient (Wildman–Crippen LogP) is 13.4. The van der Waals surface area contributed by atoms with Crippen LogP contribution in [0.15, 0.2) is 151 Å². The monoisotopic (exact) mass is 1690 g/mol. The van der Waals surface area contributed by atoms with Crippen molar-refractivity contribution in [2.45, 2.75) is 151 Å². The lowest BCUT2D eigenvalue weighted by atomic mass is 10.0. The summed E-state index contributed by atoms with van der Waals surface area (Å²) < 4.78 is 34.4. The molecule has 13 heterocycles. The van der Waals surface area contributed by atoms with Crippen LogP contribution in [0.3, 0.4) is 0 Å². The molecule has 3 aliphatic heterocycles. The molecular formula is C86H81BrF2N18O9S2. The second kappa shape index (κ2) is 35.2. The van der Waals surface area contributed by atoms with Gasteiger partial charge in [-0.05, 0) is 177 Å². The van der Waals surface area contributed by atoms with Crippen LogP contribution >= 0.6 is 38.6 Å². The lowest BCUT2D eigenvalue weighted by Gasteiger charge is -2.24. The third-order valence-electron chi connectivity index (χ3n) is 21.0. The molecule has 5 atom stereocenters. The van der Waals surface area contributed by atoms with Crippen molar-refractivity contribution in [3.05, 3.63) is 212 Å². The van der Waals surface area contributed by atoms with Crippen molar-refractivity contribution >= 4 is 130 Å². The van der Waals surface area contributed by atoms with E-state index in [1.807, 2.05) is 87.7 Å². The highest BCUT2D eigenvalue weighted by Gasteiger charge is 2.42. The van der Waals surface area contributed by atoms with Crippen molar-refractivity contribution in [2.24, 2.45) is 0 Å². The van der Waals surface area contributed by atoms with Crippen LogP contribution in [0.2, 0.25) is 0 Å². The standard InChI is InChI=1S/C31H28FN7O3S.C28H28FN5O3S.C27H25BrN6O3/c1-17-7-9-43-31(17)24-6-8-33-28(36-24)12-27(41)26-11-22(32)15-38(26)29(42)16-39-25-5-4-20(21-13-34-19(3)35-14-21)10-23(25)30(37-39)18(2)40;1-15-7-20(17(3)38-15)9-26(36)25-10-22(29)13-33(25)27(37)14-34-24-6-5-19(21-11-30-18(4)31-12-21)8-23(24)28(32-34)16(2)35;1-16(35)21-14-33(22-9-8-18(11-20(21)22)19-12-29-17(2)30-13-19)15-26(36)34-10-4-5-23(34)27(37)32-25-7-3-6-24(28)31-25/h4-10,13-14,22,26H,11-12,15-16H2,1-3H3;5-8,11-12,22,25H,9-10,13-14H2,1-4H3;3,6-9,11-14,23H,4-5,10,15H2,1-2H3,(H,31,32,37)/t22-,26+;22-,25+;23-/m110/s1. The highest BCUT2D eigenvalue weighted by atomic mass is 79.9. The van der Waals surface area contributed by atoms with Crippen LogP contribution < -0.4 is 5.32 Å². The zero-order chi connectivity index (χ0) is 83.5. The van der Waals surface area contributed by atoms with Crippen molar-refractivity contribution in [2.75, 3.05) is 25.0 Å². The van der Waals surface area contributed by atoms with Gasteiger partial charge in [0.25, 0.3) is 0 Å². The molecular weight excluding hydrogens is 1610 g/mol. The fraction of sp³-hybridized carbons (Fsp3) is 0.302. The Balaban J connectivity index is 0.000000146. The second-order valence-electron chi connectivity index (χ2n) is 29.5. The third kappa shape index (κ3) is 18.2. The molecule has 10 aromatic heterocycles. The fourth-order valence-corrected chi connectivity index (χ4v) is 17.3. The van der Waals surface area contributed by atoms with Gasteiger partial charge in [-0.3, -0.25) is 52.5 Å². The number of nitrogens with zero attached hydrogens (tertiary/aromatic N) is 17. The number of halogens is 3. The molecule has 3 aromatic carbocycles. The zero-order valence-electron chi connectivity index (χ0n) is 66.0. The smallest absolute Gasteiger partial charge is 0.248 e. The molecule has 13 aromatic rings. The number of likely N-dealkylation sites (tertiary alicyclic amines) is 3. The summed E-state index contributed by atoms with van der Waals surface area (Å²) in [6.45, 7) is 15.4. The number of ketones is 5. The minimum atomic E-state index is -1.33. The first kappa shape index (κ1) is 82.1. The third-order valence-corrected chi connectivity index (χ3v) is 23.5. The van der Waals surface area contributed by atoms with E-state index in [4.69, 9.17) is 0 Å². The Morgan fingerprint density at radius 3 is 1.53 bits per heavy atom. The van der Waals surface area contributed by atoms with Crippen molar-refractivity contribution in [1.29, 1.82) is 0 Å². The van der Waals surface area contributed by atoms with E-state index < -0.39 is 42.3 Å². The van der Waals surface area contributed by atoms with E-state index in [0.29, 0.717) is 74.1 Å². The SMILES string of the molecule is CC(=O)c1cn(CC(=O)N2CCC[C@H]2C(=O)Nc2cccc(Br)n2)c2ccc(-c3cnc(C)nc3)cc12.CC(=O)c1nn(CC(=O)N2C[C@H](F)C[C@H]2C(=O)Cc2cc(C)sc2C)c2ccc(-c3cnc(C)nc3)cc12.CC(=O)c1nn(CC(=O)N2C[C@H](F)C[C@H]2C(=O)Cc2nccc(-c3sccc3C)n2)c2ccc(-c3cnc(C)nc3)cc12. The Kier molecular flexibility index (Phi) is 24.5. The van der Waals surface area contributed by atoms with Gasteiger partial charge in [-0.2, -0.15) is 10.2 Å². The number of carbonyl (C=O) groups excluding carboxylic acids is 9. The molecule has 0 unspecified atom stereocenters. The van der Waals surface area contributed by atoms with Crippen LogP contribution in [-0.4, -0.2) is 186 Å². The summed E-state index contributed by atoms with van der Waals surface area (Å²) in [6, 6.07) is 25.4. The summed E-state index contributed by atoms with van der Waals surface area (Å²) in [5, 5.41) is 15.6. The van der Waals surface area contributed by atoms with E-state index >= 15 is 0 Å². The van der Waals surface area contributed by atoms with Gasteiger partial charge < -0.3 is 24.6 Å². The van der Waals surface area contributed by atoms with Crippen molar-refractivity contribution in [3.63, 3.8) is 0 Å². The van der Waals surface area contributed by atoms with E-state index in [1.54, 1.807) is 132 Å². The molecule has 32 heteroatoms. The van der Waals surface area contributed by atoms with Crippen molar-refractivity contribution in [1.82, 2.24) is 83.7 Å². The summed E-state index contributed by atoms with van der Waals surface area (Å²) >= 11 is 6.47. The number of alkyl halides is 2. The Hall–Kier alpha value is -12.4. The first-order valence-corrected chi connectivity index (χ1v) is 40.7. The van der Waals surface area contributed by atoms with E-state index in [-0.39, 0.29) is 111 Å². The summed E-state index contributed by atoms with van der Waals surface area (Å²) in [4.78, 5) is 163. The number of hydrogen-bond acceptors (Lipinski definition) is 22. The number of fused-ring (bicyclic) bond motifs is 3. The van der Waals surface area contributed by atoms with Gasteiger partial charge in [0.15, 0.2) is 28.9 Å². The summed E-state index contributed by atoms with van der Waals surface area (Å²) in [6.07, 6.45) is 12.3. The predicted molar refractivity (Wildman–Crippen MR) is 445 cm³/mol. The number of rotatable bonds is 21. The van der Waals surface area contributed by atoms with Gasteiger partial charge in [-0.25, -0.2) is 53.6 Å². The van der Waals surface area contributed by atoms with E-state index in [2.05, 4.69) is 76.3 Å². The van der Waals surface area contributed by atoms with Crippen LogP contribution in [0, 0.1) is 41.5 Å². The van der Waals surface area contributed by atoms with Crippen LogP contribution in [0.5, 0.6) is 0 Å². The van der Waals surface area contributed by atoms with Gasteiger partial charge in [-0.15, -0.1) is 22.7 Å². The molecule has 0 aliphatic carbocycles. The topological polar surface area (TPSA) is 332 Å². The van der Waals surface area contributed by atoms with Gasteiger partial charge in [0.2, 0.25) is 23.6 Å². The molecule has 3 saturated heterocycles. The number of pyridine rings is 1. The first-order chi connectivity index (χ1) is 56.6. The summed E-state index contributed by atoms with van der Waals surface area (Å²) in [7, 11) is 0. The maximum Gasteiger partial charge on any atom is 0.248 e. The Morgan fingerprint density at radius 2 is 1.04 bits per heavy atom. The first-order valence-electron chi connectivity index (χ1n) is 38.2. The number of anilines is 1. The molecule has 1 N–H and O–H groups in total. The second-order valence-corrected chi connectivity index (χ2v) is 32.7. The lowest BCUT2D eigenvalue weighted by Crippen LogP contribution is -2.44. The van der Waals surface area contributed by atoms with Gasteiger partial charge in [0.05, 0.1) is 53.2 Å². The highest BCUT2D eigenvalue weighted by Crippen LogP contribution is 2.35. The zero-order valence-corrected chi connectivity index (χ0v) is 69.2. The molecule has 118 heavy (non-hydrogen) atoms. The number of hydrogen-bond donors (Lipinski definition) is 1. The summed E-state index contributed by atoms with van der Waals surface area (Å²) in [5.41, 5.74) is 10.6. The van der Waals surface area contributed by atoms with Gasteiger partial charge >= 0.3 is 0 Å². The molecule has 0 radical (unpaired) electrons. The maximum atomic E-state index is 14.7. The molecule has 3 aliphatic rings. The summed E-state index contributed by atoms with van der Waals surface area (Å²) in [5.74, 6) is 0.344. The number of amides is 4. The molecule has 602 valence electrons. The normalized spacial score (nSPS) is 16.4. The van der Waals surface area contributed by atoms with Gasteiger partial charge in [0.1, 0.15) is 83.1 Å². The molecule has 4 amide bonds. The van der Waals surface area contributed by atoms with E-state index in [1.165, 1.54) is 39.9 Å². The molecule has 0 bridgehead atoms. The quantitative estimate of drug-likeness (QED) is 0.0516. The van der Waals surface area contributed by atoms with E-state index in [0.717, 1.165) is 82.2 Å². The van der Waals surface area contributed by atoms with Crippen LogP contribution in [-0.2, 0) is 61.2 Å². The minimum Gasteiger partial charge on any atom is -0.337 e. The minimum absolute atomic E-state index is 0.00667. The highest BCUT2D eigenvalue weighted by molar-refractivity contribution is 9.10. The van der Waals surface area contributed by atoms with Gasteiger partial charge in [-0.1, -0.05) is 24.3 Å². The number of aromatic nitrogens is 14. The molecule has 27 nitrogen and oxygen atoms in total. The van der Waals surface area contributed by atoms with Crippen LogP contribution in [0.4, 0.5) is 14.6 Å². The Bertz CT molecular complexity index is 6100. The molecule has 0 spiro atoms. The number of carbonyl (C=O) groups is 9. The van der Waals surface area contributed by atoms with Crippen molar-refractivity contribution in [3.8, 4) is 44.0 Å². The Labute approximate surface area is 692 Å². The number of thiophene rings is 2. The maximum absolute atomic E-state index is 14.7. The van der Waals surface area contributed by atoms with Crippen LogP contribution in [0.25, 0.3) is 76.7 Å². The molecule has 16 rings (SSSR count). The van der Waals surface area contributed by atoms with E-state index in [9.17, 15) is 51.9 Å². The average Bonchev–Trinajstić information content (AvgIpc) is 1.64. The van der Waals surface area contributed by atoms with Gasteiger partial charge in [0, 0.05) is 143 Å². The number of Topliss-reactive ketones (excluding diaryl/α,β-unsaturated/α-hetero) is 5. The Morgan fingerprint density at radius 1 is 0.534 bits per heavy atom. The molecule has 0 saturated carbocycles. The van der Waals surface area contributed by atoms with Crippen LogP contribution in [0.1, 0.15) is 122 Å². The van der Waals surface area contributed by atoms with Crippen molar-refractivity contribution < 1.29 is 51.9 Å². The fourth-order valence-electron chi connectivity index (χ4n) is 15.1. The number of aryl methyl sites for hydroxylation is 6. The number of nitrogens with one attached hydrogen (secondary N) is 1.